The minimum atomic E-state index is -0.0277. The van der Waals surface area contributed by atoms with Crippen molar-refractivity contribution in [2.24, 2.45) is 0 Å². The lowest BCUT2D eigenvalue weighted by atomic mass is 9.87. The average molecular weight is 204 g/mol. The molecular weight excluding hydrogens is 188 g/mol. The highest BCUT2D eigenvalue weighted by molar-refractivity contribution is 5.79. The molecule has 15 heavy (non-hydrogen) atoms. The molecule has 0 saturated carbocycles. The zero-order valence-corrected chi connectivity index (χ0v) is 8.99. The second-order valence-corrected chi connectivity index (χ2v) is 4.22. The summed E-state index contributed by atoms with van der Waals surface area (Å²) >= 11 is 0. The van der Waals surface area contributed by atoms with Crippen molar-refractivity contribution in [3.8, 4) is 0 Å². The standard InChI is InChI=1S/C12H16N2O/c1-2-12(6-5-11(15)14-12)8-10-4-3-7-13-9-10/h3-4,7,9H,2,5-6,8H2,1H3,(H,14,15). The molecule has 0 radical (unpaired) electrons. The van der Waals surface area contributed by atoms with Crippen LogP contribution in [0.4, 0.5) is 0 Å². The van der Waals surface area contributed by atoms with Crippen LogP contribution in [0, 0.1) is 0 Å². The maximum atomic E-state index is 11.3. The van der Waals surface area contributed by atoms with Gasteiger partial charge >= 0.3 is 0 Å². The summed E-state index contributed by atoms with van der Waals surface area (Å²) in [7, 11) is 0. The van der Waals surface area contributed by atoms with E-state index in [1.54, 1.807) is 6.20 Å². The van der Waals surface area contributed by atoms with Gasteiger partial charge < -0.3 is 5.32 Å². The summed E-state index contributed by atoms with van der Waals surface area (Å²) in [5.74, 6) is 0.181. The Labute approximate surface area is 89.9 Å². The van der Waals surface area contributed by atoms with Gasteiger partial charge in [-0.1, -0.05) is 13.0 Å². The quantitative estimate of drug-likeness (QED) is 0.814. The second kappa shape index (κ2) is 4.01. The average Bonchev–Trinajstić information content (AvgIpc) is 2.62. The van der Waals surface area contributed by atoms with Crippen LogP contribution in [-0.2, 0) is 11.2 Å². The van der Waals surface area contributed by atoms with Gasteiger partial charge in [-0.2, -0.15) is 0 Å². The minimum absolute atomic E-state index is 0.0277. The van der Waals surface area contributed by atoms with Crippen LogP contribution in [-0.4, -0.2) is 16.4 Å². The van der Waals surface area contributed by atoms with Crippen molar-refractivity contribution in [2.45, 2.75) is 38.1 Å². The number of hydrogen-bond donors (Lipinski definition) is 1. The summed E-state index contributed by atoms with van der Waals surface area (Å²) in [5.41, 5.74) is 1.17. The molecule has 0 bridgehead atoms. The molecule has 3 heteroatoms. The number of pyridine rings is 1. The predicted molar refractivity (Wildman–Crippen MR) is 58.3 cm³/mol. The molecule has 1 aromatic heterocycles. The van der Waals surface area contributed by atoms with E-state index in [1.165, 1.54) is 5.56 Å². The maximum Gasteiger partial charge on any atom is 0.220 e. The van der Waals surface area contributed by atoms with E-state index in [4.69, 9.17) is 0 Å². The van der Waals surface area contributed by atoms with Crippen LogP contribution in [0.25, 0.3) is 0 Å². The molecule has 1 fully saturated rings. The first-order valence-corrected chi connectivity index (χ1v) is 5.44. The molecule has 2 rings (SSSR count). The lowest BCUT2D eigenvalue weighted by molar-refractivity contribution is -0.119. The minimum Gasteiger partial charge on any atom is -0.350 e. The van der Waals surface area contributed by atoms with Crippen molar-refractivity contribution in [2.75, 3.05) is 0 Å². The van der Waals surface area contributed by atoms with E-state index in [0.717, 1.165) is 19.3 Å². The molecule has 1 aliphatic rings. The van der Waals surface area contributed by atoms with E-state index in [-0.39, 0.29) is 11.4 Å². The van der Waals surface area contributed by atoms with Gasteiger partial charge in [-0.3, -0.25) is 9.78 Å². The van der Waals surface area contributed by atoms with E-state index in [0.29, 0.717) is 6.42 Å². The Morgan fingerprint density at radius 1 is 1.60 bits per heavy atom. The van der Waals surface area contributed by atoms with Crippen LogP contribution in [0.3, 0.4) is 0 Å². The third kappa shape index (κ3) is 2.17. The molecule has 0 aliphatic carbocycles. The van der Waals surface area contributed by atoms with E-state index >= 15 is 0 Å². The molecule has 80 valence electrons. The summed E-state index contributed by atoms with van der Waals surface area (Å²) < 4.78 is 0. The van der Waals surface area contributed by atoms with Gasteiger partial charge in [0.25, 0.3) is 0 Å². The van der Waals surface area contributed by atoms with Gasteiger partial charge in [0.2, 0.25) is 5.91 Å². The Balaban J connectivity index is 2.12. The van der Waals surface area contributed by atoms with Crippen LogP contribution in [0.5, 0.6) is 0 Å². The van der Waals surface area contributed by atoms with E-state index < -0.39 is 0 Å². The summed E-state index contributed by atoms with van der Waals surface area (Å²) in [6, 6.07) is 4.00. The molecule has 1 aliphatic heterocycles. The highest BCUT2D eigenvalue weighted by Crippen LogP contribution is 2.27. The second-order valence-electron chi connectivity index (χ2n) is 4.22. The maximum absolute atomic E-state index is 11.3. The van der Waals surface area contributed by atoms with Gasteiger partial charge in [0.05, 0.1) is 0 Å². The molecule has 0 spiro atoms. The molecule has 1 unspecified atom stereocenters. The van der Waals surface area contributed by atoms with Gasteiger partial charge in [0.1, 0.15) is 0 Å². The van der Waals surface area contributed by atoms with Crippen molar-refractivity contribution >= 4 is 5.91 Å². The van der Waals surface area contributed by atoms with Gasteiger partial charge in [-0.25, -0.2) is 0 Å². The van der Waals surface area contributed by atoms with Crippen LogP contribution < -0.4 is 5.32 Å². The monoisotopic (exact) mass is 204 g/mol. The van der Waals surface area contributed by atoms with Crippen molar-refractivity contribution in [3.05, 3.63) is 30.1 Å². The van der Waals surface area contributed by atoms with Crippen LogP contribution in [0.2, 0.25) is 0 Å². The molecule has 2 heterocycles. The Kier molecular flexibility index (Phi) is 2.71. The number of carbonyl (C=O) groups excluding carboxylic acids is 1. The predicted octanol–water partition coefficient (Wildman–Crippen LogP) is 1.68. The van der Waals surface area contributed by atoms with Gasteiger partial charge in [-0.05, 0) is 30.9 Å². The first-order chi connectivity index (χ1) is 7.24. The highest BCUT2D eigenvalue weighted by atomic mass is 16.2. The fourth-order valence-electron chi connectivity index (χ4n) is 2.19. The lowest BCUT2D eigenvalue weighted by Crippen LogP contribution is -2.42. The van der Waals surface area contributed by atoms with Crippen molar-refractivity contribution in [1.29, 1.82) is 0 Å². The van der Waals surface area contributed by atoms with Gasteiger partial charge in [0, 0.05) is 24.4 Å². The summed E-state index contributed by atoms with van der Waals surface area (Å²) in [6.07, 6.45) is 7.12. The molecule has 3 nitrogen and oxygen atoms in total. The zero-order chi connectivity index (χ0) is 10.7. The molecule has 1 N–H and O–H groups in total. The topological polar surface area (TPSA) is 42.0 Å². The largest absolute Gasteiger partial charge is 0.350 e. The fourth-order valence-corrected chi connectivity index (χ4v) is 2.19. The Hall–Kier alpha value is -1.38. The van der Waals surface area contributed by atoms with Gasteiger partial charge in [0.15, 0.2) is 0 Å². The number of hydrogen-bond acceptors (Lipinski definition) is 2. The Morgan fingerprint density at radius 3 is 3.00 bits per heavy atom. The third-order valence-corrected chi connectivity index (χ3v) is 3.18. The first kappa shape index (κ1) is 10.1. The fraction of sp³-hybridized carbons (Fsp3) is 0.500. The van der Waals surface area contributed by atoms with Crippen LogP contribution in [0.15, 0.2) is 24.5 Å². The number of carbonyl (C=O) groups is 1. The van der Waals surface area contributed by atoms with Crippen molar-refractivity contribution < 1.29 is 4.79 Å². The molecule has 1 saturated heterocycles. The SMILES string of the molecule is CCC1(Cc2cccnc2)CCC(=O)N1. The smallest absolute Gasteiger partial charge is 0.220 e. The molecule has 1 atom stereocenters. The first-order valence-electron chi connectivity index (χ1n) is 5.44. The summed E-state index contributed by atoms with van der Waals surface area (Å²) in [6.45, 7) is 2.13. The normalized spacial score (nSPS) is 25.3. The molecular formula is C12H16N2O. The van der Waals surface area contributed by atoms with Crippen LogP contribution in [0.1, 0.15) is 31.7 Å². The highest BCUT2D eigenvalue weighted by Gasteiger charge is 2.35. The molecule has 1 aromatic rings. The van der Waals surface area contributed by atoms with E-state index in [1.807, 2.05) is 12.3 Å². The van der Waals surface area contributed by atoms with E-state index in [2.05, 4.69) is 23.3 Å². The van der Waals surface area contributed by atoms with Gasteiger partial charge in [-0.15, -0.1) is 0 Å². The van der Waals surface area contributed by atoms with Crippen LogP contribution >= 0.6 is 0 Å². The number of rotatable bonds is 3. The van der Waals surface area contributed by atoms with Crippen molar-refractivity contribution in [1.82, 2.24) is 10.3 Å². The molecule has 0 aromatic carbocycles. The Bertz CT molecular complexity index is 350. The number of aromatic nitrogens is 1. The summed E-state index contributed by atoms with van der Waals surface area (Å²) in [5, 5.41) is 3.10. The number of nitrogens with one attached hydrogen (secondary N) is 1. The van der Waals surface area contributed by atoms with Crippen molar-refractivity contribution in [3.63, 3.8) is 0 Å². The Morgan fingerprint density at radius 2 is 2.47 bits per heavy atom. The lowest BCUT2D eigenvalue weighted by Gasteiger charge is -2.27. The third-order valence-electron chi connectivity index (χ3n) is 3.18. The molecule has 1 amide bonds. The number of nitrogens with zero attached hydrogens (tertiary/aromatic N) is 1. The zero-order valence-electron chi connectivity index (χ0n) is 8.99. The van der Waals surface area contributed by atoms with E-state index in [9.17, 15) is 4.79 Å². The number of amides is 1. The summed E-state index contributed by atoms with van der Waals surface area (Å²) in [4.78, 5) is 15.4.